The van der Waals surface area contributed by atoms with Gasteiger partial charge in [0.1, 0.15) is 0 Å². The number of benzene rings is 1. The molecule has 1 aromatic carbocycles. The van der Waals surface area contributed by atoms with E-state index in [1.54, 1.807) is 0 Å². The largest absolute Gasteiger partial charge is 0.370 e. The molecule has 0 saturated carbocycles. The molecular weight excluding hydrogens is 250 g/mol. The Morgan fingerprint density at radius 1 is 1.30 bits per heavy atom. The first-order chi connectivity index (χ1) is 9.37. The molecule has 1 aromatic heterocycles. The van der Waals surface area contributed by atoms with Crippen molar-refractivity contribution in [3.63, 3.8) is 0 Å². The van der Waals surface area contributed by atoms with Gasteiger partial charge in [0.05, 0.1) is 0 Å². The quantitative estimate of drug-likeness (QED) is 0.879. The summed E-state index contributed by atoms with van der Waals surface area (Å²) in [6.45, 7) is 7.90. The minimum Gasteiger partial charge on any atom is -0.370 e. The zero-order valence-electron chi connectivity index (χ0n) is 12.4. The van der Waals surface area contributed by atoms with E-state index in [2.05, 4.69) is 49.0 Å². The minimum absolute atomic E-state index is 0.0798. The summed E-state index contributed by atoms with van der Waals surface area (Å²) >= 11 is 0. The zero-order valence-corrected chi connectivity index (χ0v) is 12.4. The molecule has 0 saturated heterocycles. The first kappa shape index (κ1) is 14.6. The number of carbonyl (C=O) groups is 1. The van der Waals surface area contributed by atoms with Gasteiger partial charge in [-0.2, -0.15) is 0 Å². The van der Waals surface area contributed by atoms with Gasteiger partial charge < -0.3 is 15.6 Å². The maximum absolute atomic E-state index is 11.0. The van der Waals surface area contributed by atoms with Crippen LogP contribution in [-0.4, -0.2) is 16.0 Å². The summed E-state index contributed by atoms with van der Waals surface area (Å²) in [6.07, 6.45) is 2.48. The van der Waals surface area contributed by atoms with Gasteiger partial charge >= 0.3 is 0 Å². The second-order valence-corrected chi connectivity index (χ2v) is 6.18. The van der Waals surface area contributed by atoms with Crippen LogP contribution in [0.25, 0.3) is 10.9 Å². The smallest absolute Gasteiger partial charge is 0.219 e. The summed E-state index contributed by atoms with van der Waals surface area (Å²) in [7, 11) is 0. The van der Waals surface area contributed by atoms with Crippen molar-refractivity contribution in [2.24, 2.45) is 5.73 Å². The number of nitrogens with two attached hydrogens (primary N) is 1. The van der Waals surface area contributed by atoms with Crippen molar-refractivity contribution in [2.75, 3.05) is 0 Å². The molecule has 0 fully saturated rings. The number of nitrogens with one attached hydrogen (secondary N) is 1. The number of fused-ring (bicyclic) bond motifs is 1. The standard InChI is InChI=1S/C16H23N3O/c1-16(2,3)18-10-12-11-19(9-8-15(17)20)14-7-5-4-6-13(12)14/h4-7,11,18H,8-10H2,1-3H3,(H2,17,20). The van der Waals surface area contributed by atoms with Gasteiger partial charge in [-0.05, 0) is 32.4 Å². The predicted octanol–water partition coefficient (Wildman–Crippen LogP) is 2.40. The molecule has 1 amide bonds. The summed E-state index contributed by atoms with van der Waals surface area (Å²) in [5, 5.41) is 4.73. The number of amides is 1. The topological polar surface area (TPSA) is 60.1 Å². The molecule has 20 heavy (non-hydrogen) atoms. The highest BCUT2D eigenvalue weighted by atomic mass is 16.1. The number of primary amides is 1. The Morgan fingerprint density at radius 3 is 2.65 bits per heavy atom. The molecule has 0 aliphatic rings. The molecule has 0 unspecified atom stereocenters. The van der Waals surface area contributed by atoms with Crippen LogP contribution in [0.3, 0.4) is 0 Å². The lowest BCUT2D eigenvalue weighted by molar-refractivity contribution is -0.118. The molecule has 1 heterocycles. The van der Waals surface area contributed by atoms with E-state index in [0.29, 0.717) is 13.0 Å². The number of para-hydroxylation sites is 1. The number of rotatable bonds is 5. The number of nitrogens with zero attached hydrogens (tertiary/aromatic N) is 1. The van der Waals surface area contributed by atoms with Crippen LogP contribution in [0.4, 0.5) is 0 Å². The fourth-order valence-electron chi connectivity index (χ4n) is 2.24. The molecule has 2 aromatic rings. The first-order valence-corrected chi connectivity index (χ1v) is 6.97. The summed E-state index contributed by atoms with van der Waals surface area (Å²) in [6, 6.07) is 8.26. The Bertz CT molecular complexity index is 608. The van der Waals surface area contributed by atoms with Crippen LogP contribution in [-0.2, 0) is 17.9 Å². The zero-order chi connectivity index (χ0) is 14.8. The van der Waals surface area contributed by atoms with Gasteiger partial charge in [-0.1, -0.05) is 18.2 Å². The molecule has 0 bridgehead atoms. The highest BCUT2D eigenvalue weighted by Crippen LogP contribution is 2.22. The van der Waals surface area contributed by atoms with E-state index in [-0.39, 0.29) is 11.4 Å². The molecule has 4 nitrogen and oxygen atoms in total. The predicted molar refractivity (Wildman–Crippen MR) is 82.3 cm³/mol. The maximum atomic E-state index is 11.0. The molecule has 0 aliphatic carbocycles. The molecular formula is C16H23N3O. The van der Waals surface area contributed by atoms with Crippen molar-refractivity contribution in [3.8, 4) is 0 Å². The third-order valence-electron chi connectivity index (χ3n) is 3.28. The Labute approximate surface area is 120 Å². The maximum Gasteiger partial charge on any atom is 0.219 e. The number of carbonyl (C=O) groups excluding carboxylic acids is 1. The summed E-state index contributed by atoms with van der Waals surface area (Å²) < 4.78 is 2.11. The Morgan fingerprint density at radius 2 is 2.00 bits per heavy atom. The van der Waals surface area contributed by atoms with Crippen molar-refractivity contribution >= 4 is 16.8 Å². The number of aromatic nitrogens is 1. The lowest BCUT2D eigenvalue weighted by Crippen LogP contribution is -2.34. The highest BCUT2D eigenvalue weighted by molar-refractivity contribution is 5.84. The lowest BCUT2D eigenvalue weighted by atomic mass is 10.1. The minimum atomic E-state index is -0.267. The number of hydrogen-bond acceptors (Lipinski definition) is 2. The van der Waals surface area contributed by atoms with Crippen molar-refractivity contribution in [3.05, 3.63) is 36.0 Å². The Balaban J connectivity index is 2.28. The van der Waals surface area contributed by atoms with Crippen LogP contribution < -0.4 is 11.1 Å². The monoisotopic (exact) mass is 273 g/mol. The molecule has 2 rings (SSSR count). The number of aryl methyl sites for hydroxylation is 1. The van der Waals surface area contributed by atoms with E-state index in [9.17, 15) is 4.79 Å². The third kappa shape index (κ3) is 3.61. The fourth-order valence-corrected chi connectivity index (χ4v) is 2.24. The van der Waals surface area contributed by atoms with Gasteiger partial charge in [-0.3, -0.25) is 4.79 Å². The Hall–Kier alpha value is -1.81. The van der Waals surface area contributed by atoms with Crippen LogP contribution in [0.5, 0.6) is 0 Å². The second-order valence-electron chi connectivity index (χ2n) is 6.18. The SMILES string of the molecule is CC(C)(C)NCc1cn(CCC(N)=O)c2ccccc12. The van der Waals surface area contributed by atoms with Gasteiger partial charge in [-0.25, -0.2) is 0 Å². The van der Waals surface area contributed by atoms with Gasteiger partial charge in [0.2, 0.25) is 5.91 Å². The lowest BCUT2D eigenvalue weighted by Gasteiger charge is -2.20. The second kappa shape index (κ2) is 5.67. The third-order valence-corrected chi connectivity index (χ3v) is 3.28. The molecule has 108 valence electrons. The number of hydrogen-bond donors (Lipinski definition) is 2. The van der Waals surface area contributed by atoms with Gasteiger partial charge in [0.25, 0.3) is 0 Å². The van der Waals surface area contributed by atoms with Crippen molar-refractivity contribution in [1.29, 1.82) is 0 Å². The van der Waals surface area contributed by atoms with Crippen LogP contribution in [0.2, 0.25) is 0 Å². The van der Waals surface area contributed by atoms with E-state index < -0.39 is 0 Å². The molecule has 0 atom stereocenters. The molecule has 4 heteroatoms. The molecule has 0 radical (unpaired) electrons. The van der Waals surface area contributed by atoms with E-state index in [4.69, 9.17) is 5.73 Å². The van der Waals surface area contributed by atoms with Crippen molar-refractivity contribution in [2.45, 2.75) is 45.8 Å². The van der Waals surface area contributed by atoms with Gasteiger partial charge in [-0.15, -0.1) is 0 Å². The molecule has 0 spiro atoms. The van der Waals surface area contributed by atoms with Crippen molar-refractivity contribution < 1.29 is 4.79 Å². The fraction of sp³-hybridized carbons (Fsp3) is 0.438. The van der Waals surface area contributed by atoms with E-state index >= 15 is 0 Å². The summed E-state index contributed by atoms with van der Waals surface area (Å²) in [5.74, 6) is -0.267. The van der Waals surface area contributed by atoms with Crippen LogP contribution in [0, 0.1) is 0 Å². The normalized spacial score (nSPS) is 11.9. The van der Waals surface area contributed by atoms with Crippen molar-refractivity contribution in [1.82, 2.24) is 9.88 Å². The highest BCUT2D eigenvalue weighted by Gasteiger charge is 2.12. The van der Waals surface area contributed by atoms with E-state index in [0.717, 1.165) is 12.1 Å². The van der Waals surface area contributed by atoms with Crippen LogP contribution in [0.1, 0.15) is 32.8 Å². The average Bonchev–Trinajstić information content (AvgIpc) is 2.71. The van der Waals surface area contributed by atoms with Crippen LogP contribution >= 0.6 is 0 Å². The van der Waals surface area contributed by atoms with Gasteiger partial charge in [0.15, 0.2) is 0 Å². The Kier molecular flexibility index (Phi) is 4.14. The van der Waals surface area contributed by atoms with E-state index in [1.165, 1.54) is 10.9 Å². The van der Waals surface area contributed by atoms with E-state index in [1.807, 2.05) is 12.1 Å². The van der Waals surface area contributed by atoms with Gasteiger partial charge in [0, 0.05) is 42.1 Å². The average molecular weight is 273 g/mol. The first-order valence-electron chi connectivity index (χ1n) is 6.97. The molecule has 3 N–H and O–H groups in total. The molecule has 0 aliphatic heterocycles. The van der Waals surface area contributed by atoms with Crippen LogP contribution in [0.15, 0.2) is 30.5 Å². The summed E-state index contributed by atoms with van der Waals surface area (Å²) in [5.41, 5.74) is 7.72. The summed E-state index contributed by atoms with van der Waals surface area (Å²) in [4.78, 5) is 11.0.